The van der Waals surface area contributed by atoms with Gasteiger partial charge in [-0.25, -0.2) is 0 Å². The number of hydrogen-bond donors (Lipinski definition) is 3. The number of ether oxygens (including phenoxy) is 2. The van der Waals surface area contributed by atoms with E-state index in [1.165, 1.54) is 35.1 Å². The molecule has 2 aromatic carbocycles. The number of allylic oxidation sites excluding steroid dienone is 7. The highest BCUT2D eigenvalue weighted by molar-refractivity contribution is 7.80. The van der Waals surface area contributed by atoms with Crippen molar-refractivity contribution in [1.82, 2.24) is 5.32 Å². The second-order valence-electron chi connectivity index (χ2n) is 11.3. The van der Waals surface area contributed by atoms with Gasteiger partial charge in [-0.3, -0.25) is 0 Å². The molecule has 220 valence electrons. The van der Waals surface area contributed by atoms with Crippen molar-refractivity contribution in [3.63, 3.8) is 0 Å². The molecular weight excluding hydrogens is 557 g/mol. The zero-order chi connectivity index (χ0) is 29.1. The van der Waals surface area contributed by atoms with Crippen LogP contribution in [0.1, 0.15) is 49.3 Å². The minimum absolute atomic E-state index is 0.342. The lowest BCUT2D eigenvalue weighted by Gasteiger charge is -2.32. The molecule has 2 N–H and O–H groups in total. The summed E-state index contributed by atoms with van der Waals surface area (Å²) in [7, 11) is 0. The minimum Gasteiger partial charge on any atom is -0.470 e. The van der Waals surface area contributed by atoms with Crippen LogP contribution in [0.2, 0.25) is 0 Å². The van der Waals surface area contributed by atoms with Gasteiger partial charge < -0.3 is 20.1 Å². The van der Waals surface area contributed by atoms with Gasteiger partial charge in [0.2, 0.25) is 5.56 Å². The van der Waals surface area contributed by atoms with E-state index in [4.69, 9.17) is 21.7 Å². The molecule has 0 aromatic heterocycles. The van der Waals surface area contributed by atoms with Crippen molar-refractivity contribution < 1.29 is 9.47 Å². The summed E-state index contributed by atoms with van der Waals surface area (Å²) < 4.78 is 12.0. The van der Waals surface area contributed by atoms with Gasteiger partial charge in [-0.2, -0.15) is 0 Å². The molecule has 0 aliphatic heterocycles. The van der Waals surface area contributed by atoms with Crippen LogP contribution in [0.4, 0.5) is 5.69 Å². The molecule has 4 atom stereocenters. The third kappa shape index (κ3) is 8.89. The SMILES string of the molecule is C/C=C(\C=C/CNC(=S)OCC1C=Cc2ccccc2C1)Cc1ccc(N[C@H](S)OC2=CC3CC=CCC3CC2)cc1. The van der Waals surface area contributed by atoms with Gasteiger partial charge in [0.1, 0.15) is 0 Å². The summed E-state index contributed by atoms with van der Waals surface area (Å²) >= 11 is 10.0. The average Bonchev–Trinajstić information content (AvgIpc) is 3.02. The van der Waals surface area contributed by atoms with Crippen LogP contribution in [-0.2, 0) is 22.3 Å². The highest BCUT2D eigenvalue weighted by atomic mass is 32.1. The zero-order valence-corrected chi connectivity index (χ0v) is 26.1. The van der Waals surface area contributed by atoms with Gasteiger partial charge in [0.25, 0.3) is 5.17 Å². The van der Waals surface area contributed by atoms with E-state index in [0.29, 0.717) is 30.2 Å². The van der Waals surface area contributed by atoms with E-state index in [-0.39, 0.29) is 5.56 Å². The Balaban J connectivity index is 1.00. The second kappa shape index (κ2) is 15.3. The molecule has 0 spiro atoms. The summed E-state index contributed by atoms with van der Waals surface area (Å²) in [5.74, 6) is 2.79. The van der Waals surface area contributed by atoms with Crippen molar-refractivity contribution >= 4 is 41.8 Å². The molecule has 0 bridgehead atoms. The first kappa shape index (κ1) is 30.2. The molecule has 0 heterocycles. The minimum atomic E-state index is -0.370. The fourth-order valence-electron chi connectivity index (χ4n) is 5.88. The summed E-state index contributed by atoms with van der Waals surface area (Å²) in [6, 6.07) is 17.0. The number of anilines is 1. The summed E-state index contributed by atoms with van der Waals surface area (Å²) in [6.07, 6.45) is 24.1. The Hall–Kier alpha value is -3.22. The van der Waals surface area contributed by atoms with Gasteiger partial charge in [0.15, 0.2) is 0 Å². The lowest BCUT2D eigenvalue weighted by atomic mass is 9.76. The molecule has 3 unspecified atom stereocenters. The van der Waals surface area contributed by atoms with Gasteiger partial charge in [0.05, 0.1) is 12.4 Å². The monoisotopic (exact) mass is 598 g/mol. The zero-order valence-electron chi connectivity index (χ0n) is 24.4. The molecule has 3 aliphatic carbocycles. The second-order valence-corrected chi connectivity index (χ2v) is 12.1. The van der Waals surface area contributed by atoms with Crippen LogP contribution in [0, 0.1) is 17.8 Å². The Labute approximate surface area is 262 Å². The maximum atomic E-state index is 6.13. The number of hydrogen-bond acceptors (Lipinski definition) is 5. The summed E-state index contributed by atoms with van der Waals surface area (Å²) in [6.45, 7) is 3.28. The van der Waals surface area contributed by atoms with E-state index in [1.54, 1.807) is 0 Å². The number of fused-ring (bicyclic) bond motifs is 2. The van der Waals surface area contributed by atoms with Crippen molar-refractivity contribution in [2.24, 2.45) is 17.8 Å². The fourth-order valence-corrected chi connectivity index (χ4v) is 6.31. The molecular formula is C36H42N2O2S2. The number of benzene rings is 2. The van der Waals surface area contributed by atoms with E-state index >= 15 is 0 Å². The number of thiol groups is 1. The average molecular weight is 599 g/mol. The van der Waals surface area contributed by atoms with E-state index in [9.17, 15) is 0 Å². The molecule has 0 amide bonds. The third-order valence-electron chi connectivity index (χ3n) is 8.28. The van der Waals surface area contributed by atoms with Crippen molar-refractivity contribution in [3.8, 4) is 0 Å². The number of nitrogens with one attached hydrogen (secondary N) is 2. The molecule has 0 saturated carbocycles. The first-order chi connectivity index (χ1) is 20.6. The van der Waals surface area contributed by atoms with E-state index < -0.39 is 0 Å². The van der Waals surface area contributed by atoms with Crippen LogP contribution in [0.15, 0.2) is 102 Å². The maximum Gasteiger partial charge on any atom is 0.256 e. The number of rotatable bonds is 11. The Morgan fingerprint density at radius 2 is 1.95 bits per heavy atom. The van der Waals surface area contributed by atoms with Crippen LogP contribution in [0.25, 0.3) is 6.08 Å². The Morgan fingerprint density at radius 3 is 2.81 bits per heavy atom. The van der Waals surface area contributed by atoms with E-state index in [0.717, 1.165) is 43.0 Å². The Morgan fingerprint density at radius 1 is 1.12 bits per heavy atom. The summed E-state index contributed by atoms with van der Waals surface area (Å²) in [4.78, 5) is 0. The first-order valence-corrected chi connectivity index (χ1v) is 16.0. The van der Waals surface area contributed by atoms with Crippen LogP contribution >= 0.6 is 24.8 Å². The first-order valence-electron chi connectivity index (χ1n) is 15.1. The predicted molar refractivity (Wildman–Crippen MR) is 182 cm³/mol. The lowest BCUT2D eigenvalue weighted by molar-refractivity contribution is 0.173. The number of thiocarbonyl (C=S) groups is 1. The quantitative estimate of drug-likeness (QED) is 0.0797. The molecule has 6 heteroatoms. The topological polar surface area (TPSA) is 42.5 Å². The van der Waals surface area contributed by atoms with E-state index in [1.807, 2.05) is 0 Å². The maximum absolute atomic E-state index is 6.13. The molecule has 0 radical (unpaired) electrons. The normalized spacial score (nSPS) is 22.1. The Bertz CT molecular complexity index is 1360. The molecule has 0 saturated heterocycles. The van der Waals surface area contributed by atoms with Crippen molar-refractivity contribution in [1.29, 1.82) is 0 Å². The third-order valence-corrected chi connectivity index (χ3v) is 8.77. The smallest absolute Gasteiger partial charge is 0.256 e. The summed E-state index contributed by atoms with van der Waals surface area (Å²) in [5.41, 5.74) is 5.77. The van der Waals surface area contributed by atoms with Gasteiger partial charge in [-0.15, -0.1) is 12.6 Å². The van der Waals surface area contributed by atoms with Crippen molar-refractivity contribution in [2.75, 3.05) is 18.5 Å². The molecule has 0 fully saturated rings. The van der Waals surface area contributed by atoms with Gasteiger partial charge in [0, 0.05) is 24.6 Å². The fraction of sp³-hybridized carbons (Fsp3) is 0.361. The van der Waals surface area contributed by atoms with Crippen molar-refractivity contribution in [3.05, 3.63) is 119 Å². The van der Waals surface area contributed by atoms with Crippen LogP contribution in [-0.4, -0.2) is 23.9 Å². The van der Waals surface area contributed by atoms with Crippen LogP contribution < -0.4 is 10.6 Å². The van der Waals surface area contributed by atoms with Crippen LogP contribution in [0.5, 0.6) is 0 Å². The van der Waals surface area contributed by atoms with Gasteiger partial charge in [-0.1, -0.05) is 78.9 Å². The van der Waals surface area contributed by atoms with E-state index in [2.05, 4.69) is 127 Å². The molecule has 3 aliphatic rings. The molecule has 42 heavy (non-hydrogen) atoms. The molecule has 4 nitrogen and oxygen atoms in total. The summed E-state index contributed by atoms with van der Waals surface area (Å²) in [5, 5.41) is 7.00. The molecule has 2 aromatic rings. The van der Waals surface area contributed by atoms with Crippen molar-refractivity contribution in [2.45, 2.75) is 51.0 Å². The van der Waals surface area contributed by atoms with Crippen LogP contribution in [0.3, 0.4) is 0 Å². The van der Waals surface area contributed by atoms with Gasteiger partial charge >= 0.3 is 0 Å². The highest BCUT2D eigenvalue weighted by Crippen LogP contribution is 2.37. The van der Waals surface area contributed by atoms with Gasteiger partial charge in [-0.05, 0) is 104 Å². The largest absolute Gasteiger partial charge is 0.470 e. The standard InChI is InChI=1S/C36H42N2O2S2/c1-2-26(8-7-21-37-35(41)39-25-28-13-16-29-9-3-5-11-31(29)23-28)22-27-14-18-33(19-15-27)38-36(42)40-34-20-17-30-10-4-6-12-32(30)24-34/h2-9,11,13-16,18-19,24,28,30,32,36,38,42H,10,12,17,20-23,25H2,1H3,(H,37,41)/b8-7-,26-2+/t28?,30?,32?,36-/m0/s1. The predicted octanol–water partition coefficient (Wildman–Crippen LogP) is 8.41. The Kier molecular flexibility index (Phi) is 11.0. The highest BCUT2D eigenvalue weighted by Gasteiger charge is 2.26. The molecule has 5 rings (SSSR count). The lowest BCUT2D eigenvalue weighted by Crippen LogP contribution is -2.26.